The zero-order chi connectivity index (χ0) is 19.5. The van der Waals surface area contributed by atoms with Gasteiger partial charge in [0.05, 0.1) is 6.26 Å². The summed E-state index contributed by atoms with van der Waals surface area (Å²) in [6, 6.07) is 5.62. The highest BCUT2D eigenvalue weighted by molar-refractivity contribution is 7.88. The van der Waals surface area contributed by atoms with Crippen molar-refractivity contribution in [3.63, 3.8) is 0 Å². The van der Waals surface area contributed by atoms with Crippen LogP contribution in [0.5, 0.6) is 0 Å². The maximum atomic E-state index is 12.3. The van der Waals surface area contributed by atoms with Crippen molar-refractivity contribution in [3.05, 3.63) is 23.8 Å². The van der Waals surface area contributed by atoms with Crippen molar-refractivity contribution in [2.24, 2.45) is 5.92 Å². The second kappa shape index (κ2) is 8.39. The van der Waals surface area contributed by atoms with Gasteiger partial charge in [0.25, 0.3) is 0 Å². The fraction of sp³-hybridized carbons (Fsp3) is 0.632. The van der Waals surface area contributed by atoms with Gasteiger partial charge in [-0.25, -0.2) is 8.42 Å². The molecule has 0 saturated heterocycles. The van der Waals surface area contributed by atoms with Gasteiger partial charge in [-0.15, -0.1) is 0 Å². The zero-order valence-electron chi connectivity index (χ0n) is 16.4. The Hall–Kier alpha value is -1.60. The zero-order valence-corrected chi connectivity index (χ0v) is 17.3. The molecule has 1 fully saturated rings. The third-order valence-corrected chi connectivity index (χ3v) is 6.48. The first-order chi connectivity index (χ1) is 12.1. The van der Waals surface area contributed by atoms with Crippen molar-refractivity contribution < 1.29 is 13.2 Å². The SMILES string of the molecule is CC[C@@H](C)N(Cc1cc(NC(=O)C2CCC2)ccc1N(C)C)S(C)(=O)=O. The van der Waals surface area contributed by atoms with E-state index in [4.69, 9.17) is 0 Å². The van der Waals surface area contributed by atoms with E-state index < -0.39 is 10.0 Å². The number of hydrogen-bond donors (Lipinski definition) is 1. The van der Waals surface area contributed by atoms with E-state index in [1.807, 2.05) is 51.0 Å². The highest BCUT2D eigenvalue weighted by atomic mass is 32.2. The minimum absolute atomic E-state index is 0.0571. The molecule has 1 aromatic rings. The van der Waals surface area contributed by atoms with Crippen LogP contribution in [-0.4, -0.2) is 45.0 Å². The predicted molar refractivity (Wildman–Crippen MR) is 107 cm³/mol. The Balaban J connectivity index is 2.30. The second-order valence-electron chi connectivity index (χ2n) is 7.42. The number of nitrogens with one attached hydrogen (secondary N) is 1. The van der Waals surface area contributed by atoms with E-state index >= 15 is 0 Å². The molecule has 0 spiro atoms. The summed E-state index contributed by atoms with van der Waals surface area (Å²) in [5.41, 5.74) is 2.55. The molecule has 1 aromatic carbocycles. The first kappa shape index (κ1) is 20.7. The minimum Gasteiger partial charge on any atom is -0.377 e. The van der Waals surface area contributed by atoms with Crippen molar-refractivity contribution in [1.82, 2.24) is 4.31 Å². The van der Waals surface area contributed by atoms with Gasteiger partial charge >= 0.3 is 0 Å². The van der Waals surface area contributed by atoms with Gasteiger partial charge in [-0.05, 0) is 49.9 Å². The van der Waals surface area contributed by atoms with Crippen LogP contribution in [0.3, 0.4) is 0 Å². The summed E-state index contributed by atoms with van der Waals surface area (Å²) in [7, 11) is 0.526. The van der Waals surface area contributed by atoms with Crippen molar-refractivity contribution in [1.29, 1.82) is 0 Å². The van der Waals surface area contributed by atoms with Crippen LogP contribution in [0.4, 0.5) is 11.4 Å². The topological polar surface area (TPSA) is 69.7 Å². The molecular weight excluding hydrogens is 350 g/mol. The fourth-order valence-electron chi connectivity index (χ4n) is 3.11. The molecule has 6 nitrogen and oxygen atoms in total. The second-order valence-corrected chi connectivity index (χ2v) is 9.36. The molecule has 1 aliphatic rings. The Morgan fingerprint density at radius 3 is 2.42 bits per heavy atom. The monoisotopic (exact) mass is 381 g/mol. The first-order valence-electron chi connectivity index (χ1n) is 9.21. The highest BCUT2D eigenvalue weighted by Crippen LogP contribution is 2.30. The molecule has 0 radical (unpaired) electrons. The van der Waals surface area contributed by atoms with E-state index in [0.29, 0.717) is 0 Å². The van der Waals surface area contributed by atoms with Gasteiger partial charge in [0, 0.05) is 44.0 Å². The Kier molecular flexibility index (Phi) is 6.69. The molecule has 146 valence electrons. The van der Waals surface area contributed by atoms with Crippen molar-refractivity contribution in [3.8, 4) is 0 Å². The number of carbonyl (C=O) groups excluding carboxylic acids is 1. The number of benzene rings is 1. The molecule has 0 heterocycles. The van der Waals surface area contributed by atoms with Crippen LogP contribution in [0.25, 0.3) is 0 Å². The molecule has 7 heteroatoms. The third kappa shape index (κ3) is 4.98. The van der Waals surface area contributed by atoms with Gasteiger partial charge in [0.2, 0.25) is 15.9 Å². The number of carbonyl (C=O) groups is 1. The summed E-state index contributed by atoms with van der Waals surface area (Å²) in [6.07, 6.45) is 5.00. The van der Waals surface area contributed by atoms with Crippen molar-refractivity contribution in [2.45, 2.75) is 52.1 Å². The largest absolute Gasteiger partial charge is 0.377 e. The number of hydrogen-bond acceptors (Lipinski definition) is 4. The number of amides is 1. The van der Waals surface area contributed by atoms with Crippen LogP contribution in [0, 0.1) is 5.92 Å². The average molecular weight is 382 g/mol. The lowest BCUT2D eigenvalue weighted by molar-refractivity contribution is -0.122. The lowest BCUT2D eigenvalue weighted by atomic mass is 9.85. The maximum Gasteiger partial charge on any atom is 0.227 e. The van der Waals surface area contributed by atoms with E-state index in [1.165, 1.54) is 10.6 Å². The highest BCUT2D eigenvalue weighted by Gasteiger charge is 2.26. The molecule has 0 unspecified atom stereocenters. The van der Waals surface area contributed by atoms with Gasteiger partial charge < -0.3 is 10.2 Å². The molecule has 1 saturated carbocycles. The van der Waals surface area contributed by atoms with Gasteiger partial charge in [0.15, 0.2) is 0 Å². The average Bonchev–Trinajstić information content (AvgIpc) is 2.48. The summed E-state index contributed by atoms with van der Waals surface area (Å²) >= 11 is 0. The lowest BCUT2D eigenvalue weighted by Crippen LogP contribution is -2.37. The summed E-state index contributed by atoms with van der Waals surface area (Å²) < 4.78 is 26.0. The van der Waals surface area contributed by atoms with Gasteiger partial charge in [-0.3, -0.25) is 4.79 Å². The number of sulfonamides is 1. The fourth-order valence-corrected chi connectivity index (χ4v) is 4.29. The third-order valence-electron chi connectivity index (χ3n) is 5.14. The Bertz CT molecular complexity index is 742. The van der Waals surface area contributed by atoms with E-state index in [1.54, 1.807) is 0 Å². The molecule has 0 bridgehead atoms. The molecular formula is C19H31N3O3S. The van der Waals surface area contributed by atoms with E-state index in [0.717, 1.165) is 42.6 Å². The van der Waals surface area contributed by atoms with Crippen molar-refractivity contribution >= 4 is 27.3 Å². The molecule has 0 aliphatic heterocycles. The normalized spacial score (nSPS) is 16.2. The molecule has 26 heavy (non-hydrogen) atoms. The van der Waals surface area contributed by atoms with E-state index in [-0.39, 0.29) is 24.4 Å². The Labute approximate surface area is 157 Å². The molecule has 0 aromatic heterocycles. The summed E-state index contributed by atoms with van der Waals surface area (Å²) in [5, 5.41) is 2.98. The molecule has 1 atom stereocenters. The van der Waals surface area contributed by atoms with E-state index in [9.17, 15) is 13.2 Å². The quantitative estimate of drug-likeness (QED) is 0.751. The standard InChI is InChI=1S/C19H31N3O3S/c1-6-14(2)22(26(5,24)25)13-16-12-17(10-11-18(16)21(3)4)20-19(23)15-8-7-9-15/h10-12,14-15H,6-9,13H2,1-5H3,(H,20,23)/t14-/m1/s1. The molecule has 1 N–H and O–H groups in total. The molecule has 1 amide bonds. The number of rotatable bonds is 8. The van der Waals surface area contributed by atoms with Crippen LogP contribution in [-0.2, 0) is 21.4 Å². The summed E-state index contributed by atoms with van der Waals surface area (Å²) in [6.45, 7) is 4.18. The molecule has 2 rings (SSSR count). The predicted octanol–water partition coefficient (Wildman–Crippen LogP) is 3.05. The number of anilines is 2. The summed E-state index contributed by atoms with van der Waals surface area (Å²) in [5.74, 6) is 0.168. The minimum atomic E-state index is -3.33. The van der Waals surface area contributed by atoms with Crippen LogP contribution in [0.15, 0.2) is 18.2 Å². The smallest absolute Gasteiger partial charge is 0.227 e. The lowest BCUT2D eigenvalue weighted by Gasteiger charge is -2.29. The summed E-state index contributed by atoms with van der Waals surface area (Å²) in [4.78, 5) is 14.2. The number of nitrogens with zero attached hydrogens (tertiary/aromatic N) is 2. The van der Waals surface area contributed by atoms with E-state index in [2.05, 4.69) is 5.32 Å². The Morgan fingerprint density at radius 2 is 1.96 bits per heavy atom. The van der Waals surface area contributed by atoms with Crippen LogP contribution >= 0.6 is 0 Å². The van der Waals surface area contributed by atoms with Crippen molar-refractivity contribution in [2.75, 3.05) is 30.6 Å². The van der Waals surface area contributed by atoms with Crippen LogP contribution in [0.2, 0.25) is 0 Å². The van der Waals surface area contributed by atoms with Gasteiger partial charge in [-0.2, -0.15) is 4.31 Å². The van der Waals surface area contributed by atoms with Crippen LogP contribution < -0.4 is 10.2 Å². The van der Waals surface area contributed by atoms with Gasteiger partial charge in [0.1, 0.15) is 0 Å². The maximum absolute atomic E-state index is 12.3. The molecule has 1 aliphatic carbocycles. The Morgan fingerprint density at radius 1 is 1.31 bits per heavy atom. The first-order valence-corrected chi connectivity index (χ1v) is 11.1. The van der Waals surface area contributed by atoms with Crippen LogP contribution in [0.1, 0.15) is 45.1 Å². The van der Waals surface area contributed by atoms with Gasteiger partial charge in [-0.1, -0.05) is 13.3 Å².